The van der Waals surface area contributed by atoms with Crippen LogP contribution < -0.4 is 0 Å². The molecule has 0 amide bonds. The predicted octanol–water partition coefficient (Wildman–Crippen LogP) is 3.01. The zero-order valence-corrected chi connectivity index (χ0v) is 10.1. The van der Waals surface area contributed by atoms with Crippen molar-refractivity contribution in [3.63, 3.8) is 0 Å². The highest BCUT2D eigenvalue weighted by atomic mass is 16.5. The summed E-state index contributed by atoms with van der Waals surface area (Å²) in [6.45, 7) is 4.44. The van der Waals surface area contributed by atoms with Crippen molar-refractivity contribution >= 4 is 5.97 Å². The molecule has 0 N–H and O–H groups in total. The second-order valence-corrected chi connectivity index (χ2v) is 6.00. The summed E-state index contributed by atoms with van der Waals surface area (Å²) in [6, 6.07) is 0. The van der Waals surface area contributed by atoms with Crippen LogP contribution in [0, 0.1) is 23.2 Å². The van der Waals surface area contributed by atoms with Crippen molar-refractivity contribution in [1.29, 1.82) is 0 Å². The molecule has 2 saturated carbocycles. The lowest BCUT2D eigenvalue weighted by atomic mass is 9.59. The summed E-state index contributed by atoms with van der Waals surface area (Å²) in [5.74, 6) is 2.39. The molecule has 0 heterocycles. The Balaban J connectivity index is 2.10. The van der Waals surface area contributed by atoms with E-state index in [4.69, 9.17) is 4.74 Å². The molecule has 2 atom stereocenters. The van der Waals surface area contributed by atoms with Crippen LogP contribution in [0.5, 0.6) is 0 Å². The second kappa shape index (κ2) is 3.80. The Labute approximate surface area is 92.4 Å². The molecular formula is C13H22O2. The fraction of sp³-hybridized carbons (Fsp3) is 0.923. The lowest BCUT2D eigenvalue weighted by Gasteiger charge is -2.45. The minimum absolute atomic E-state index is 0.00625. The van der Waals surface area contributed by atoms with E-state index in [2.05, 4.69) is 13.8 Å². The third-order valence-electron chi connectivity index (χ3n) is 4.29. The lowest BCUT2D eigenvalue weighted by Crippen LogP contribution is -2.41. The average molecular weight is 210 g/mol. The van der Waals surface area contributed by atoms with E-state index in [9.17, 15) is 4.79 Å². The zero-order chi connectivity index (χ0) is 11.1. The van der Waals surface area contributed by atoms with Gasteiger partial charge in [-0.3, -0.25) is 4.79 Å². The molecule has 2 unspecified atom stereocenters. The van der Waals surface area contributed by atoms with Crippen molar-refractivity contribution in [2.45, 2.75) is 46.0 Å². The topological polar surface area (TPSA) is 26.3 Å². The van der Waals surface area contributed by atoms with Crippen molar-refractivity contribution in [2.24, 2.45) is 23.2 Å². The monoisotopic (exact) mass is 210 g/mol. The maximum absolute atomic E-state index is 11.8. The molecule has 15 heavy (non-hydrogen) atoms. The van der Waals surface area contributed by atoms with E-state index in [1.165, 1.54) is 26.4 Å². The van der Waals surface area contributed by atoms with Gasteiger partial charge in [0.25, 0.3) is 0 Å². The normalized spacial score (nSPS) is 44.9. The van der Waals surface area contributed by atoms with Crippen LogP contribution in [0.2, 0.25) is 0 Å². The van der Waals surface area contributed by atoms with Crippen molar-refractivity contribution in [3.05, 3.63) is 0 Å². The molecule has 0 aromatic heterocycles. The molecular weight excluding hydrogens is 188 g/mol. The van der Waals surface area contributed by atoms with Crippen molar-refractivity contribution in [1.82, 2.24) is 0 Å². The summed E-state index contributed by atoms with van der Waals surface area (Å²) >= 11 is 0. The summed E-state index contributed by atoms with van der Waals surface area (Å²) < 4.78 is 4.95. The largest absolute Gasteiger partial charge is 0.469 e. The number of carbonyl (C=O) groups is 1. The standard InChI is InChI=1S/C13H22O2/c1-9-4-10-6-11(5-9)8-13(2,7-10)12(14)15-3/h9-11H,4-8H2,1-3H3. The van der Waals surface area contributed by atoms with E-state index in [0.29, 0.717) is 0 Å². The van der Waals surface area contributed by atoms with Crippen LogP contribution in [0.3, 0.4) is 0 Å². The number of hydrogen-bond donors (Lipinski definition) is 0. The van der Waals surface area contributed by atoms with E-state index in [0.717, 1.165) is 30.6 Å². The SMILES string of the molecule is COC(=O)C1(C)CC2CC(C)CC(C2)C1. The molecule has 86 valence electrons. The Morgan fingerprint density at radius 2 is 1.73 bits per heavy atom. The molecule has 0 radical (unpaired) electrons. The number of fused-ring (bicyclic) bond motifs is 2. The van der Waals surface area contributed by atoms with Gasteiger partial charge in [-0.2, -0.15) is 0 Å². The fourth-order valence-electron chi connectivity index (χ4n) is 4.00. The summed E-state index contributed by atoms with van der Waals surface area (Å²) in [5, 5.41) is 0. The van der Waals surface area contributed by atoms with E-state index >= 15 is 0 Å². The molecule has 0 spiro atoms. The highest BCUT2D eigenvalue weighted by molar-refractivity contribution is 5.76. The van der Waals surface area contributed by atoms with Crippen LogP contribution in [0.15, 0.2) is 0 Å². The van der Waals surface area contributed by atoms with Gasteiger partial charge in [0.2, 0.25) is 0 Å². The maximum atomic E-state index is 11.8. The van der Waals surface area contributed by atoms with Gasteiger partial charge in [0.05, 0.1) is 12.5 Å². The lowest BCUT2D eigenvalue weighted by molar-refractivity contribution is -0.157. The van der Waals surface area contributed by atoms with Crippen molar-refractivity contribution in [2.75, 3.05) is 7.11 Å². The number of ether oxygens (including phenoxy) is 1. The van der Waals surface area contributed by atoms with Crippen LogP contribution in [-0.2, 0) is 9.53 Å². The third-order valence-corrected chi connectivity index (χ3v) is 4.29. The quantitative estimate of drug-likeness (QED) is 0.622. The van der Waals surface area contributed by atoms with Gasteiger partial charge in [-0.1, -0.05) is 6.92 Å². The van der Waals surface area contributed by atoms with Crippen LogP contribution in [-0.4, -0.2) is 13.1 Å². The first-order chi connectivity index (χ1) is 7.03. The molecule has 2 heteroatoms. The molecule has 0 aromatic rings. The van der Waals surface area contributed by atoms with E-state index in [1.807, 2.05) is 0 Å². The van der Waals surface area contributed by atoms with Crippen LogP contribution in [0.4, 0.5) is 0 Å². The minimum atomic E-state index is -0.192. The first-order valence-electron chi connectivity index (χ1n) is 6.12. The summed E-state index contributed by atoms with van der Waals surface area (Å²) in [5.41, 5.74) is -0.192. The maximum Gasteiger partial charge on any atom is 0.311 e. The van der Waals surface area contributed by atoms with Gasteiger partial charge in [-0.25, -0.2) is 0 Å². The summed E-state index contributed by atoms with van der Waals surface area (Å²) in [7, 11) is 1.51. The second-order valence-electron chi connectivity index (χ2n) is 6.00. The summed E-state index contributed by atoms with van der Waals surface area (Å²) in [4.78, 5) is 11.8. The number of rotatable bonds is 1. The van der Waals surface area contributed by atoms with Gasteiger partial charge in [-0.05, 0) is 56.8 Å². The Morgan fingerprint density at radius 3 is 2.20 bits per heavy atom. The molecule has 2 rings (SSSR count). The Hall–Kier alpha value is -0.530. The number of hydrogen-bond acceptors (Lipinski definition) is 2. The first kappa shape index (κ1) is 11.0. The van der Waals surface area contributed by atoms with E-state index in [1.54, 1.807) is 0 Å². The number of esters is 1. The van der Waals surface area contributed by atoms with Gasteiger partial charge in [-0.15, -0.1) is 0 Å². The molecule has 2 fully saturated rings. The average Bonchev–Trinajstić information content (AvgIpc) is 2.14. The van der Waals surface area contributed by atoms with Crippen molar-refractivity contribution < 1.29 is 9.53 Å². The van der Waals surface area contributed by atoms with Gasteiger partial charge < -0.3 is 4.74 Å². The molecule has 0 aromatic carbocycles. The highest BCUT2D eigenvalue weighted by Gasteiger charge is 2.45. The highest BCUT2D eigenvalue weighted by Crippen LogP contribution is 2.50. The molecule has 0 aliphatic heterocycles. The molecule has 2 aliphatic carbocycles. The van der Waals surface area contributed by atoms with E-state index < -0.39 is 0 Å². The Kier molecular flexibility index (Phi) is 2.78. The van der Waals surface area contributed by atoms with Gasteiger partial charge in [0.15, 0.2) is 0 Å². The first-order valence-corrected chi connectivity index (χ1v) is 6.12. The molecule has 0 saturated heterocycles. The van der Waals surface area contributed by atoms with Gasteiger partial charge in [0, 0.05) is 0 Å². The van der Waals surface area contributed by atoms with Gasteiger partial charge in [0.1, 0.15) is 0 Å². The smallest absolute Gasteiger partial charge is 0.311 e. The molecule has 2 nitrogen and oxygen atoms in total. The molecule has 2 aliphatic rings. The van der Waals surface area contributed by atoms with Crippen LogP contribution in [0.1, 0.15) is 46.0 Å². The third kappa shape index (κ3) is 2.04. The fourth-order valence-corrected chi connectivity index (χ4v) is 4.00. The minimum Gasteiger partial charge on any atom is -0.469 e. The number of carbonyl (C=O) groups excluding carboxylic acids is 1. The predicted molar refractivity (Wildman–Crippen MR) is 59.4 cm³/mol. The van der Waals surface area contributed by atoms with Crippen molar-refractivity contribution in [3.8, 4) is 0 Å². The Morgan fingerprint density at radius 1 is 1.20 bits per heavy atom. The molecule has 2 bridgehead atoms. The summed E-state index contributed by atoms with van der Waals surface area (Å²) in [6.07, 6.45) is 6.05. The van der Waals surface area contributed by atoms with Crippen LogP contribution in [0.25, 0.3) is 0 Å². The number of methoxy groups -OCH3 is 1. The Bertz CT molecular complexity index is 241. The van der Waals surface area contributed by atoms with Crippen LogP contribution >= 0.6 is 0 Å². The zero-order valence-electron chi connectivity index (χ0n) is 10.1. The van der Waals surface area contributed by atoms with E-state index in [-0.39, 0.29) is 11.4 Å². The van der Waals surface area contributed by atoms with Gasteiger partial charge >= 0.3 is 5.97 Å².